The highest BCUT2D eigenvalue weighted by Gasteiger charge is 2.34. The van der Waals surface area contributed by atoms with Crippen molar-refractivity contribution in [1.29, 1.82) is 0 Å². The number of aliphatic carboxylic acids is 10. The third kappa shape index (κ3) is 51.4. The summed E-state index contributed by atoms with van der Waals surface area (Å²) in [6.45, 7) is 1.87. The van der Waals surface area contributed by atoms with E-state index in [0.29, 0.717) is 47.0 Å². The summed E-state index contributed by atoms with van der Waals surface area (Å²) >= 11 is 0. The van der Waals surface area contributed by atoms with Gasteiger partial charge in [-0.2, -0.15) is 140 Å². The number of aryl methyl sites for hydroxylation is 1. The highest BCUT2D eigenvalue weighted by Crippen LogP contribution is 2.34. The number of fused-ring (bicyclic) bond motifs is 1. The fourth-order valence-corrected chi connectivity index (χ4v) is 13.0. The molecular weight excluding hydrogens is 1980 g/mol. The summed E-state index contributed by atoms with van der Waals surface area (Å²) in [4.78, 5) is 273. The highest BCUT2D eigenvalue weighted by molar-refractivity contribution is 7.60. The molecular formula is C81H122FN11O32S10. The van der Waals surface area contributed by atoms with Gasteiger partial charge in [-0.15, -0.1) is 5.10 Å². The molecule has 7 amide bonds. The Bertz CT molecular complexity index is 4710. The zero-order chi connectivity index (χ0) is 93.5. The quantitative estimate of drug-likeness (QED) is 0.0252. The molecule has 760 valence electrons. The molecule has 4 rings (SSSR count). The number of carbonyl (C=O) groups excluding carboxylic acids is 12. The maximum Gasteiger partial charge on any atom is 0.326 e. The van der Waals surface area contributed by atoms with Gasteiger partial charge in [0.15, 0.2) is 11.6 Å². The molecule has 1 heterocycles. The maximum atomic E-state index is 14.2. The van der Waals surface area contributed by atoms with Gasteiger partial charge in [-0.25, -0.2) is 28.4 Å². The summed E-state index contributed by atoms with van der Waals surface area (Å²) in [6, 6.07) is 7.00. The number of carbonyl (C=O) groups is 22. The lowest BCUT2D eigenvalue weighted by molar-refractivity contribution is -0.146. The van der Waals surface area contributed by atoms with Crippen LogP contribution in [0, 0.1) is 42.3 Å². The molecule has 0 aliphatic heterocycles. The number of halogens is 1. The Balaban J connectivity index is -0.00000328. The zero-order valence-corrected chi connectivity index (χ0v) is 82.9. The number of amides is 7. The minimum absolute atomic E-state index is 0. The van der Waals surface area contributed by atoms with Gasteiger partial charge in [0, 0.05) is 115 Å². The summed E-state index contributed by atoms with van der Waals surface area (Å²) in [5.41, 5.74) is 15.3. The Morgan fingerprint density at radius 3 is 1.09 bits per heavy atom. The van der Waals surface area contributed by atoms with Gasteiger partial charge in [-0.05, 0) is 125 Å². The molecule has 0 saturated heterocycles. The Kier molecular flexibility index (Phi) is 71.7. The zero-order valence-electron chi connectivity index (χ0n) is 72.9. The SMILES string of the molecule is Cc1ccc(F)c(NC(=O)Nc2ccc(-c3cccc4c3c(N)nn4C(=O)CCCCCNC(=O)C[C@H](N)C(=O)C[C@@H](CCC(=O)N[C@@H](CCC(=O)C[C@@H](CCC(=O)N[C@@H](CCC(=O)C[C@@H](CCC(=O)N[C@@H](CCC(=O)C[C@@H](CCC(=O)N[C@@H](CCC(=O)C[C@@H](CCC(=O)O)C(=O)O)C(=O)O)C(=O)O)C(=O)O)C(=O)O)C(=O)O)C(=O)O)C(=O)O)C(=O)O)cc2)c1.S.S.S.S.S.S.S.S.S.S. The molecule has 0 spiro atoms. The van der Waals surface area contributed by atoms with Gasteiger partial charge in [0.1, 0.15) is 53.1 Å². The number of benzene rings is 3. The molecule has 1 aromatic heterocycles. The van der Waals surface area contributed by atoms with E-state index >= 15 is 0 Å². The molecule has 0 saturated carbocycles. The van der Waals surface area contributed by atoms with Crippen molar-refractivity contribution in [2.24, 2.45) is 35.3 Å². The second kappa shape index (κ2) is 70.3. The number of ketones is 5. The number of hydrogen-bond acceptors (Lipinski definition) is 25. The monoisotopic (exact) mass is 2100 g/mol. The number of urea groups is 1. The molecule has 0 unspecified atom stereocenters. The van der Waals surface area contributed by atoms with E-state index in [4.69, 9.17) is 16.6 Å². The highest BCUT2D eigenvalue weighted by atomic mass is 32.1. The average molecular weight is 2100 g/mol. The van der Waals surface area contributed by atoms with E-state index < -0.39 is 337 Å². The number of anilines is 3. The minimum atomic E-state index is -1.82. The van der Waals surface area contributed by atoms with Crippen molar-refractivity contribution in [1.82, 2.24) is 36.4 Å². The molecule has 0 aliphatic rings. The van der Waals surface area contributed by atoms with Crippen molar-refractivity contribution < 1.29 is 161 Å². The van der Waals surface area contributed by atoms with Crippen LogP contribution in [0.15, 0.2) is 60.7 Å². The van der Waals surface area contributed by atoms with Crippen LogP contribution in [-0.4, -0.2) is 228 Å². The number of nitrogens with zero attached hydrogens (tertiary/aromatic N) is 2. The Labute approximate surface area is 843 Å². The van der Waals surface area contributed by atoms with Crippen LogP contribution in [0.2, 0.25) is 0 Å². The molecule has 0 bridgehead atoms. The van der Waals surface area contributed by atoms with Crippen LogP contribution in [0.1, 0.15) is 190 Å². The molecule has 0 aliphatic carbocycles. The van der Waals surface area contributed by atoms with Gasteiger partial charge in [0.05, 0.1) is 52.2 Å². The second-order valence-electron chi connectivity index (χ2n) is 29.9. The van der Waals surface area contributed by atoms with Crippen molar-refractivity contribution in [3.63, 3.8) is 0 Å². The summed E-state index contributed by atoms with van der Waals surface area (Å²) < 4.78 is 15.4. The fraction of sp³-hybridized carbons (Fsp3) is 0.494. The molecule has 54 heteroatoms. The van der Waals surface area contributed by atoms with Crippen LogP contribution in [0.25, 0.3) is 22.0 Å². The largest absolute Gasteiger partial charge is 0.481 e. The average Bonchev–Trinajstić information content (AvgIpc) is 1.62. The van der Waals surface area contributed by atoms with Crippen molar-refractivity contribution in [3.8, 4) is 11.1 Å². The number of nitrogens with two attached hydrogens (primary N) is 2. The number of carboxylic acids is 10. The number of hydrogen-bond donors (Lipinski definition) is 19. The van der Waals surface area contributed by atoms with E-state index in [1.54, 1.807) is 55.5 Å². The first kappa shape index (κ1) is 138. The van der Waals surface area contributed by atoms with Gasteiger partial charge < -0.3 is 99.8 Å². The number of nitrogens with one attached hydrogen (secondary N) is 7. The van der Waals surface area contributed by atoms with Crippen LogP contribution in [-0.2, 0) is 95.9 Å². The molecule has 0 fully saturated rings. The number of rotatable bonds is 62. The Morgan fingerprint density at radius 1 is 0.385 bits per heavy atom. The number of carboxylic acid groups (broad SMARTS) is 10. The summed E-state index contributed by atoms with van der Waals surface area (Å²) in [5.74, 6) is -33.3. The summed E-state index contributed by atoms with van der Waals surface area (Å²) in [7, 11) is 0. The normalized spacial score (nSPS) is 12.5. The van der Waals surface area contributed by atoms with Gasteiger partial charge in [-0.3, -0.25) is 81.5 Å². The molecule has 0 radical (unpaired) electrons. The van der Waals surface area contributed by atoms with E-state index in [-0.39, 0.29) is 172 Å². The van der Waals surface area contributed by atoms with E-state index in [1.807, 2.05) is 0 Å². The molecule has 3 aromatic carbocycles. The first-order chi connectivity index (χ1) is 58.8. The lowest BCUT2D eigenvalue weighted by Gasteiger charge is -2.18. The smallest absolute Gasteiger partial charge is 0.326 e. The second-order valence-corrected chi connectivity index (χ2v) is 29.9. The summed E-state index contributed by atoms with van der Waals surface area (Å²) in [6.07, 6.45) is -13.8. The Hall–Kier alpha value is -10.3. The van der Waals surface area contributed by atoms with Crippen LogP contribution in [0.5, 0.6) is 0 Å². The number of unbranched alkanes of at least 4 members (excludes halogenated alkanes) is 2. The van der Waals surface area contributed by atoms with E-state index in [1.165, 1.54) is 16.8 Å². The molecule has 135 heavy (non-hydrogen) atoms. The first-order valence-electron chi connectivity index (χ1n) is 39.6. The molecule has 10 atom stereocenters. The minimum Gasteiger partial charge on any atom is -0.481 e. The van der Waals surface area contributed by atoms with Gasteiger partial charge >= 0.3 is 65.7 Å². The van der Waals surface area contributed by atoms with Crippen molar-refractivity contribution in [2.45, 2.75) is 217 Å². The van der Waals surface area contributed by atoms with Crippen molar-refractivity contribution in [3.05, 3.63) is 72.0 Å². The van der Waals surface area contributed by atoms with Crippen LogP contribution in [0.4, 0.5) is 26.4 Å². The van der Waals surface area contributed by atoms with Gasteiger partial charge in [0.2, 0.25) is 35.4 Å². The lowest BCUT2D eigenvalue weighted by atomic mass is 9.93. The number of Topliss-reactive ketones (excluding diaryl/α,β-unsaturated/α-hetero) is 5. The van der Waals surface area contributed by atoms with E-state index in [9.17, 15) is 156 Å². The van der Waals surface area contributed by atoms with Gasteiger partial charge in [0.25, 0.3) is 0 Å². The fourth-order valence-electron chi connectivity index (χ4n) is 13.0. The van der Waals surface area contributed by atoms with Gasteiger partial charge in [-0.1, -0.05) is 36.8 Å². The van der Waals surface area contributed by atoms with E-state index in [0.717, 1.165) is 5.56 Å². The standard InChI is InChI=1S/C81H102FN11O32.10H2S/c1-41-9-23-54(82)60(34-41)91-81(125)86-48-17-10-42(11-18-48)53-6-5-7-61-70(53)71(84)92-93(61)68(104)8-3-2-4-33-85-67(103)40-55(83)62(98)39-47(76(115)116)15-31-66(102)90-59(80(123)124)26-21-51(96)37-45(74(111)112)13-29-64(100)88-57(78(119)120)24-19-49(94)35-43(72(107)108)12-28-63(99)87-56(77(117)118)25-20-50(95)36-44(73(109)110)14-30-65(101)89-58(79(121)122)27-22-52(97)38-46(75(113)114)16-32-69(105)106;;;;;;;;;;/h5-7,9-11,17-18,23,34,43-47,55-59H,2-4,8,12-16,19-22,24-33,35-40,83H2,1H3,(H2,84,92)(H,85,103)(H,87,99)(H,88,100)(H,89,101)(H,90,102)(H,105,106)(H,107,108)(H,109,110)(H,111,112)(H,113,114)(H,115,116)(H,117,118)(H,119,120)(H,121,122)(H,123,124)(H2,86,91,125);10*1H2/t43-,44-,45-,46-,47-,55+,56+,57+,58+,59+;;;;;;;;;;/m1........../s1. The van der Waals surface area contributed by atoms with Crippen molar-refractivity contribution >= 4 is 293 Å². The summed E-state index contributed by atoms with van der Waals surface area (Å²) in [5, 5.41) is 117. The van der Waals surface area contributed by atoms with E-state index in [2.05, 4.69) is 42.3 Å². The maximum absolute atomic E-state index is 14.2. The first-order valence-corrected chi connectivity index (χ1v) is 39.6. The Morgan fingerprint density at radius 2 is 0.741 bits per heavy atom. The van der Waals surface area contributed by atoms with Crippen LogP contribution < -0.4 is 48.7 Å². The van der Waals surface area contributed by atoms with Crippen molar-refractivity contribution in [2.75, 3.05) is 22.9 Å². The third-order valence-electron chi connectivity index (χ3n) is 20.1. The third-order valence-corrected chi connectivity index (χ3v) is 20.1. The topological polar surface area (TPSA) is 732 Å². The lowest BCUT2D eigenvalue weighted by Crippen LogP contribution is -2.42. The predicted molar refractivity (Wildman–Crippen MR) is 535 cm³/mol. The number of aromatic nitrogens is 2. The predicted octanol–water partition coefficient (Wildman–Crippen LogP) is 5.22. The molecule has 21 N–H and O–H groups in total. The van der Waals surface area contributed by atoms with Crippen LogP contribution in [0.3, 0.4) is 0 Å². The van der Waals surface area contributed by atoms with Crippen LogP contribution >= 0.6 is 135 Å². The number of nitrogen functional groups attached to an aromatic ring is 1. The molecule has 43 nitrogen and oxygen atoms in total. The molecule has 4 aromatic rings.